The molecule has 0 spiro atoms. The monoisotopic (exact) mass is 75.0 g/mol. The smallest absolute Gasteiger partial charge is 0.256 e. The predicted molar refractivity (Wildman–Crippen MR) is 13.4 cm³/mol. The Kier molecular flexibility index (Phi) is 1.30. The van der Waals surface area contributed by atoms with Crippen LogP contribution in [0.5, 0.6) is 0 Å². The fourth-order valence-electron chi connectivity index (χ4n) is 0. The molecule has 0 saturated heterocycles. The number of carbonyl (C=O) groups is 1. The number of hydrogen-bond donors (Lipinski definition) is 2. The van der Waals surface area contributed by atoms with Crippen LogP contribution < -0.4 is 11.3 Å². The summed E-state index contributed by atoms with van der Waals surface area (Å²) in [5.74, 6) is 4.26. The maximum Gasteiger partial charge on any atom is 0.464 e. The lowest BCUT2D eigenvalue weighted by atomic mass is 11.3. The van der Waals surface area contributed by atoms with Gasteiger partial charge in [-0.1, -0.05) is 0 Å². The molecule has 0 aromatic carbocycles. The van der Waals surface area contributed by atoms with Crippen molar-refractivity contribution < 1.29 is 9.90 Å². The van der Waals surface area contributed by atoms with Gasteiger partial charge in [0.15, 0.2) is 0 Å². The summed E-state index contributed by atoms with van der Waals surface area (Å²) in [6, 6.07) is 0. The van der Waals surface area contributed by atoms with Crippen molar-refractivity contribution in [2.45, 2.75) is 0 Å². The summed E-state index contributed by atoms with van der Waals surface area (Å²) >= 11 is 0. The molecule has 0 fully saturated rings. The van der Waals surface area contributed by atoms with Gasteiger partial charge in [0.25, 0.3) is 0 Å². The zero-order valence-corrected chi connectivity index (χ0v) is 2.39. The predicted octanol–water partition coefficient (Wildman–Crippen LogP) is -1.000. The lowest BCUT2D eigenvalue weighted by molar-refractivity contribution is 0.169. The molecule has 0 atom stereocenters. The summed E-state index contributed by atoms with van der Waals surface area (Å²) in [5, 5.41) is 9.02. The van der Waals surface area contributed by atoms with Gasteiger partial charge in [-0.15, -0.1) is 0 Å². The molecule has 0 aliphatic carbocycles. The van der Waals surface area contributed by atoms with Gasteiger partial charge in [0, 0.05) is 0 Å². The number of hydrogen-bond acceptors (Lipinski definition) is 2. The van der Waals surface area contributed by atoms with E-state index in [1.165, 1.54) is 5.43 Å². The highest BCUT2D eigenvalue weighted by atomic mass is 16.4. The summed E-state index contributed by atoms with van der Waals surface area (Å²) in [4.78, 5) is 9.02. The minimum absolute atomic E-state index is 1.33. The Morgan fingerprint density at radius 2 is 2.00 bits per heavy atom. The highest BCUT2D eigenvalue weighted by Crippen LogP contribution is 1.45. The van der Waals surface area contributed by atoms with Gasteiger partial charge >= 0.3 is 6.09 Å². The molecule has 0 saturated carbocycles. The lowest BCUT2D eigenvalue weighted by Crippen LogP contribution is -2.26. The van der Waals surface area contributed by atoms with Gasteiger partial charge in [-0.05, 0) is 0 Å². The first kappa shape index (κ1) is 4.23. The van der Waals surface area contributed by atoms with Crippen molar-refractivity contribution in [1.82, 2.24) is 5.43 Å². The molecule has 0 rings (SSSR count). The van der Waals surface area contributed by atoms with Crippen molar-refractivity contribution in [2.24, 2.45) is 5.84 Å². The maximum atomic E-state index is 9.02. The second kappa shape index (κ2) is 1.54. The van der Waals surface area contributed by atoms with Crippen LogP contribution in [0.4, 0.5) is 4.79 Å². The summed E-state index contributed by atoms with van der Waals surface area (Å²) in [7, 11) is 0. The number of nitrogens with two attached hydrogens (primary N) is 1. The van der Waals surface area contributed by atoms with Crippen LogP contribution >= 0.6 is 0 Å². The molecule has 5 heavy (non-hydrogen) atoms. The molecule has 29 valence electrons. The van der Waals surface area contributed by atoms with Gasteiger partial charge in [-0.25, -0.2) is 15.7 Å². The van der Waals surface area contributed by atoms with E-state index >= 15 is 0 Å². The van der Waals surface area contributed by atoms with E-state index in [2.05, 4.69) is 5.84 Å². The van der Waals surface area contributed by atoms with E-state index in [0.29, 0.717) is 0 Å². The van der Waals surface area contributed by atoms with Gasteiger partial charge in [-0.3, -0.25) is 5.43 Å². The van der Waals surface area contributed by atoms with Crippen molar-refractivity contribution >= 4 is 6.09 Å². The van der Waals surface area contributed by atoms with Crippen molar-refractivity contribution in [3.63, 3.8) is 0 Å². The average molecular weight is 75.0 g/mol. The standard InChI is InChI=1S/CH3N2O2/c2-3-1(4)5/h3H,2H2. The Morgan fingerprint density at radius 3 is 2.00 bits per heavy atom. The third-order valence-corrected chi connectivity index (χ3v) is 0.118. The molecule has 0 bridgehead atoms. The third kappa shape index (κ3) is 3.23. The van der Waals surface area contributed by atoms with Crippen LogP contribution in [0.15, 0.2) is 0 Å². The second-order valence-corrected chi connectivity index (χ2v) is 0.432. The molecule has 0 unspecified atom stereocenters. The van der Waals surface area contributed by atoms with E-state index in [1.54, 1.807) is 0 Å². The van der Waals surface area contributed by atoms with Gasteiger partial charge in [0.1, 0.15) is 0 Å². The van der Waals surface area contributed by atoms with Gasteiger partial charge in [0.2, 0.25) is 0 Å². The van der Waals surface area contributed by atoms with Crippen molar-refractivity contribution in [3.8, 4) is 0 Å². The van der Waals surface area contributed by atoms with E-state index in [1.807, 2.05) is 0 Å². The number of nitrogens with one attached hydrogen (secondary N) is 1. The first-order valence-electron chi connectivity index (χ1n) is 0.947. The van der Waals surface area contributed by atoms with E-state index in [0.717, 1.165) is 0 Å². The first-order chi connectivity index (χ1) is 2.27. The van der Waals surface area contributed by atoms with E-state index in [9.17, 15) is 0 Å². The highest BCUT2D eigenvalue weighted by Gasteiger charge is 1.83. The molecule has 4 heteroatoms. The molecular weight excluding hydrogens is 72.0 g/mol. The van der Waals surface area contributed by atoms with E-state index in [4.69, 9.17) is 9.90 Å². The van der Waals surface area contributed by atoms with Gasteiger partial charge in [0.05, 0.1) is 0 Å². The molecule has 0 aromatic rings. The molecule has 0 aromatic heterocycles. The Morgan fingerprint density at radius 1 is 1.80 bits per heavy atom. The molecule has 3 N–H and O–H groups in total. The molecule has 4 nitrogen and oxygen atoms in total. The van der Waals surface area contributed by atoms with Crippen LogP contribution in [-0.2, 0) is 5.11 Å². The third-order valence-electron chi connectivity index (χ3n) is 0.118. The second-order valence-electron chi connectivity index (χ2n) is 0.432. The number of rotatable bonds is 0. The van der Waals surface area contributed by atoms with Crippen LogP contribution in [0, 0.1) is 0 Å². The fourth-order valence-corrected chi connectivity index (χ4v) is 0. The van der Waals surface area contributed by atoms with Gasteiger partial charge < -0.3 is 0 Å². The van der Waals surface area contributed by atoms with Crippen molar-refractivity contribution in [3.05, 3.63) is 0 Å². The SMILES string of the molecule is NNC([O])=O. The van der Waals surface area contributed by atoms with Crippen LogP contribution in [-0.4, -0.2) is 6.09 Å². The summed E-state index contributed by atoms with van der Waals surface area (Å²) in [5.41, 5.74) is 1.33. The zero-order valence-electron chi connectivity index (χ0n) is 2.39. The van der Waals surface area contributed by atoms with Crippen molar-refractivity contribution in [1.29, 1.82) is 0 Å². The Bertz CT molecular complexity index is 42.9. The molecule has 0 aliphatic heterocycles. The quantitative estimate of drug-likeness (QED) is 0.220. The molecule has 0 aliphatic rings. The molecule has 1 amide bonds. The van der Waals surface area contributed by atoms with Crippen LogP contribution in [0.2, 0.25) is 0 Å². The largest absolute Gasteiger partial charge is 0.464 e. The Balaban J connectivity index is 2.85. The van der Waals surface area contributed by atoms with Crippen LogP contribution in [0.1, 0.15) is 0 Å². The minimum Gasteiger partial charge on any atom is -0.256 e. The normalized spacial score (nSPS) is 6.60. The summed E-state index contributed by atoms with van der Waals surface area (Å²) in [6.45, 7) is 0. The summed E-state index contributed by atoms with van der Waals surface area (Å²) < 4.78 is 0. The fraction of sp³-hybridized carbons (Fsp3) is 0. The maximum absolute atomic E-state index is 9.02. The van der Waals surface area contributed by atoms with Crippen LogP contribution in [0.3, 0.4) is 0 Å². The average Bonchev–Trinajstić information content (AvgIpc) is 1.38. The topological polar surface area (TPSA) is 75.0 Å². The Hall–Kier alpha value is -0.770. The van der Waals surface area contributed by atoms with Gasteiger partial charge in [-0.2, -0.15) is 0 Å². The molecular formula is CH3N2O2. The molecule has 0 heterocycles. The minimum atomic E-state index is -1.47. The van der Waals surface area contributed by atoms with E-state index in [-0.39, 0.29) is 0 Å². The summed E-state index contributed by atoms with van der Waals surface area (Å²) in [6.07, 6.45) is -1.47. The first-order valence-corrected chi connectivity index (χ1v) is 0.947. The van der Waals surface area contributed by atoms with E-state index < -0.39 is 6.09 Å². The molecule has 1 radical (unpaired) electrons. The van der Waals surface area contributed by atoms with Crippen molar-refractivity contribution in [2.75, 3.05) is 0 Å². The number of hydrazine groups is 1. The highest BCUT2D eigenvalue weighted by molar-refractivity contribution is 5.62. The zero-order chi connectivity index (χ0) is 4.28. The van der Waals surface area contributed by atoms with Crippen LogP contribution in [0.25, 0.3) is 0 Å². The number of amides is 1. The lowest BCUT2D eigenvalue weighted by Gasteiger charge is -1.74. The number of carbonyl (C=O) groups excluding carboxylic acids is 1. The Labute approximate surface area is 28.6 Å².